The van der Waals surface area contributed by atoms with Crippen molar-refractivity contribution in [1.82, 2.24) is 0 Å². The zero-order valence-corrected chi connectivity index (χ0v) is 12.6. The molecule has 0 aliphatic rings. The molecule has 0 unspecified atom stereocenters. The van der Waals surface area contributed by atoms with Crippen LogP contribution in [0.4, 0.5) is 24.5 Å². The second kappa shape index (κ2) is 6.31. The van der Waals surface area contributed by atoms with Crippen LogP contribution in [0.2, 0.25) is 0 Å². The minimum absolute atomic E-state index is 0.0379. The molecule has 0 bridgehead atoms. The van der Waals surface area contributed by atoms with Crippen LogP contribution in [0.5, 0.6) is 0 Å². The molecule has 1 heterocycles. The van der Waals surface area contributed by atoms with Gasteiger partial charge in [0.15, 0.2) is 5.76 Å². The molecule has 25 heavy (non-hydrogen) atoms. The van der Waals surface area contributed by atoms with Gasteiger partial charge in [-0.3, -0.25) is 9.59 Å². The minimum Gasteiger partial charge on any atom is -0.451 e. The van der Waals surface area contributed by atoms with E-state index in [0.29, 0.717) is 11.3 Å². The van der Waals surface area contributed by atoms with E-state index >= 15 is 0 Å². The third-order valence-corrected chi connectivity index (χ3v) is 3.31. The minimum atomic E-state index is -4.96. The normalized spacial score (nSPS) is 11.3. The first-order chi connectivity index (χ1) is 11.8. The zero-order valence-electron chi connectivity index (χ0n) is 12.6. The summed E-state index contributed by atoms with van der Waals surface area (Å²) in [6.45, 7) is 0. The lowest BCUT2D eigenvalue weighted by atomic mass is 10.2. The molecule has 0 fully saturated rings. The first-order valence-electron chi connectivity index (χ1n) is 7.11. The molecule has 128 valence electrons. The standard InChI is InChI=1S/C17H11F3N2O3/c18-17(19,20)16(24)22-12-7-5-11(6-8-12)21-15(23)14-9-10-3-1-2-4-13(10)25-14/h1-9H,(H,21,23)(H,22,24). The van der Waals surface area contributed by atoms with Gasteiger partial charge in [-0.25, -0.2) is 0 Å². The monoisotopic (exact) mass is 348 g/mol. The summed E-state index contributed by atoms with van der Waals surface area (Å²) in [7, 11) is 0. The molecular formula is C17H11F3N2O3. The van der Waals surface area contributed by atoms with Crippen LogP contribution in [-0.2, 0) is 4.79 Å². The van der Waals surface area contributed by atoms with E-state index in [2.05, 4.69) is 5.32 Å². The van der Waals surface area contributed by atoms with Gasteiger partial charge in [-0.15, -0.1) is 0 Å². The lowest BCUT2D eigenvalue weighted by Gasteiger charge is -2.09. The SMILES string of the molecule is O=C(Nc1ccc(NC(=O)C(F)(F)F)cc1)c1cc2ccccc2o1. The largest absolute Gasteiger partial charge is 0.471 e. The summed E-state index contributed by atoms with van der Waals surface area (Å²) in [4.78, 5) is 23.0. The number of carbonyl (C=O) groups excluding carboxylic acids is 2. The van der Waals surface area contributed by atoms with Gasteiger partial charge in [0.05, 0.1) is 0 Å². The summed E-state index contributed by atoms with van der Waals surface area (Å²) >= 11 is 0. The molecule has 1 aromatic heterocycles. The van der Waals surface area contributed by atoms with E-state index < -0.39 is 18.0 Å². The summed E-state index contributed by atoms with van der Waals surface area (Å²) in [5.74, 6) is -2.45. The van der Waals surface area contributed by atoms with Crippen LogP contribution < -0.4 is 10.6 Å². The Morgan fingerprint density at radius 3 is 2.08 bits per heavy atom. The highest BCUT2D eigenvalue weighted by Crippen LogP contribution is 2.22. The number of hydrogen-bond donors (Lipinski definition) is 2. The predicted octanol–water partition coefficient (Wildman–Crippen LogP) is 4.19. The second-order valence-corrected chi connectivity index (χ2v) is 5.13. The first kappa shape index (κ1) is 16.6. The fourth-order valence-electron chi connectivity index (χ4n) is 2.13. The number of amides is 2. The van der Waals surface area contributed by atoms with Crippen molar-refractivity contribution in [2.45, 2.75) is 6.18 Å². The Balaban J connectivity index is 1.68. The number of furan rings is 1. The van der Waals surface area contributed by atoms with E-state index in [-0.39, 0.29) is 11.4 Å². The van der Waals surface area contributed by atoms with Gasteiger partial charge in [-0.1, -0.05) is 18.2 Å². The van der Waals surface area contributed by atoms with Gasteiger partial charge < -0.3 is 15.1 Å². The molecule has 2 aromatic carbocycles. The summed E-state index contributed by atoms with van der Waals surface area (Å²) in [5, 5.41) is 5.05. The van der Waals surface area contributed by atoms with E-state index in [1.807, 2.05) is 6.07 Å². The van der Waals surface area contributed by atoms with Crippen LogP contribution in [0.1, 0.15) is 10.6 Å². The number of rotatable bonds is 3. The average molecular weight is 348 g/mol. The highest BCUT2D eigenvalue weighted by molar-refractivity contribution is 6.04. The molecule has 5 nitrogen and oxygen atoms in total. The van der Waals surface area contributed by atoms with Crippen LogP contribution in [-0.4, -0.2) is 18.0 Å². The Labute approximate surface area is 139 Å². The van der Waals surface area contributed by atoms with Gasteiger partial charge >= 0.3 is 12.1 Å². The summed E-state index contributed by atoms with van der Waals surface area (Å²) in [6.07, 6.45) is -4.96. The van der Waals surface area contributed by atoms with Crippen molar-refractivity contribution >= 4 is 34.2 Å². The summed E-state index contributed by atoms with van der Waals surface area (Å²) < 4.78 is 42.0. The lowest BCUT2D eigenvalue weighted by Crippen LogP contribution is -2.29. The molecule has 8 heteroatoms. The van der Waals surface area contributed by atoms with Crippen molar-refractivity contribution in [3.8, 4) is 0 Å². The lowest BCUT2D eigenvalue weighted by molar-refractivity contribution is -0.167. The van der Waals surface area contributed by atoms with Crippen molar-refractivity contribution in [3.63, 3.8) is 0 Å². The molecule has 0 saturated carbocycles. The van der Waals surface area contributed by atoms with Gasteiger partial charge in [0.25, 0.3) is 5.91 Å². The summed E-state index contributed by atoms with van der Waals surface area (Å²) in [5.41, 5.74) is 0.873. The molecule has 3 rings (SSSR count). The number of fused-ring (bicyclic) bond motifs is 1. The number of alkyl halides is 3. The molecule has 0 spiro atoms. The van der Waals surface area contributed by atoms with Gasteiger partial charge in [-0.2, -0.15) is 13.2 Å². The van der Waals surface area contributed by atoms with Crippen LogP contribution in [0.15, 0.2) is 59.0 Å². The van der Waals surface area contributed by atoms with E-state index in [1.165, 1.54) is 24.3 Å². The molecule has 2 N–H and O–H groups in total. The van der Waals surface area contributed by atoms with Crippen LogP contribution in [0.3, 0.4) is 0 Å². The van der Waals surface area contributed by atoms with Gasteiger partial charge in [-0.05, 0) is 36.4 Å². The van der Waals surface area contributed by atoms with Crippen molar-refractivity contribution in [2.75, 3.05) is 10.6 Å². The number of halogens is 3. The number of para-hydroxylation sites is 1. The number of carbonyl (C=O) groups is 2. The van der Waals surface area contributed by atoms with Crippen molar-refractivity contribution in [2.24, 2.45) is 0 Å². The van der Waals surface area contributed by atoms with Gasteiger partial charge in [0, 0.05) is 16.8 Å². The summed E-state index contributed by atoms with van der Waals surface area (Å²) in [6, 6.07) is 13.9. The zero-order chi connectivity index (χ0) is 18.0. The predicted molar refractivity (Wildman–Crippen MR) is 85.3 cm³/mol. The molecule has 0 radical (unpaired) electrons. The Kier molecular flexibility index (Phi) is 4.18. The van der Waals surface area contributed by atoms with Crippen LogP contribution >= 0.6 is 0 Å². The van der Waals surface area contributed by atoms with Gasteiger partial charge in [0.2, 0.25) is 0 Å². The Morgan fingerprint density at radius 2 is 1.48 bits per heavy atom. The van der Waals surface area contributed by atoms with Crippen LogP contribution in [0.25, 0.3) is 11.0 Å². The maximum atomic E-state index is 12.2. The third kappa shape index (κ3) is 3.79. The molecule has 3 aromatic rings. The van der Waals surface area contributed by atoms with E-state index in [1.54, 1.807) is 29.6 Å². The van der Waals surface area contributed by atoms with E-state index in [4.69, 9.17) is 4.42 Å². The van der Waals surface area contributed by atoms with Crippen molar-refractivity contribution in [3.05, 3.63) is 60.4 Å². The van der Waals surface area contributed by atoms with E-state index in [9.17, 15) is 22.8 Å². The second-order valence-electron chi connectivity index (χ2n) is 5.13. The maximum absolute atomic E-state index is 12.2. The first-order valence-corrected chi connectivity index (χ1v) is 7.11. The Morgan fingerprint density at radius 1 is 0.880 bits per heavy atom. The smallest absolute Gasteiger partial charge is 0.451 e. The molecule has 2 amide bonds. The number of benzene rings is 2. The topological polar surface area (TPSA) is 71.3 Å². The van der Waals surface area contributed by atoms with Gasteiger partial charge in [0.1, 0.15) is 5.58 Å². The highest BCUT2D eigenvalue weighted by atomic mass is 19.4. The molecule has 0 aliphatic heterocycles. The molecule has 0 saturated heterocycles. The van der Waals surface area contributed by atoms with Crippen LogP contribution in [0, 0.1) is 0 Å². The van der Waals surface area contributed by atoms with Crippen molar-refractivity contribution in [1.29, 1.82) is 0 Å². The third-order valence-electron chi connectivity index (χ3n) is 3.31. The number of hydrogen-bond acceptors (Lipinski definition) is 3. The average Bonchev–Trinajstić information content (AvgIpc) is 3.00. The molecule has 0 aliphatic carbocycles. The highest BCUT2D eigenvalue weighted by Gasteiger charge is 2.38. The quantitative estimate of drug-likeness (QED) is 0.746. The Bertz CT molecular complexity index is 897. The number of nitrogens with one attached hydrogen (secondary N) is 2. The molecular weight excluding hydrogens is 337 g/mol. The Hall–Kier alpha value is -3.29. The van der Waals surface area contributed by atoms with Crippen molar-refractivity contribution < 1.29 is 27.2 Å². The number of anilines is 2. The fourth-order valence-corrected chi connectivity index (χ4v) is 2.13. The maximum Gasteiger partial charge on any atom is 0.471 e. The fraction of sp³-hybridized carbons (Fsp3) is 0.0588. The molecule has 0 atom stereocenters. The van der Waals surface area contributed by atoms with E-state index in [0.717, 1.165) is 5.39 Å².